The molecule has 3 heteroatoms. The predicted molar refractivity (Wildman–Crippen MR) is 63.6 cm³/mol. The first-order valence-corrected chi connectivity index (χ1v) is 5.97. The van der Waals surface area contributed by atoms with Crippen molar-refractivity contribution in [3.8, 4) is 5.75 Å². The van der Waals surface area contributed by atoms with Crippen LogP contribution in [-0.4, -0.2) is 24.9 Å². The first-order chi connectivity index (χ1) is 7.90. The number of aliphatic hydroxyl groups excluding tert-OH is 1. The average molecular weight is 221 g/mol. The Morgan fingerprint density at radius 1 is 1.25 bits per heavy atom. The quantitative estimate of drug-likeness (QED) is 0.815. The highest BCUT2D eigenvalue weighted by Crippen LogP contribution is 2.24. The highest BCUT2D eigenvalue weighted by Gasteiger charge is 2.14. The molecule has 0 aromatic heterocycles. The second-order valence-corrected chi connectivity index (χ2v) is 4.14. The van der Waals surface area contributed by atoms with Crippen molar-refractivity contribution in [3.05, 3.63) is 29.8 Å². The van der Waals surface area contributed by atoms with E-state index in [1.807, 2.05) is 12.1 Å². The third-order valence-corrected chi connectivity index (χ3v) is 2.95. The largest absolute Gasteiger partial charge is 0.491 e. The summed E-state index contributed by atoms with van der Waals surface area (Å²) in [6, 6.07) is 8.66. The monoisotopic (exact) mass is 221 g/mol. The van der Waals surface area contributed by atoms with E-state index in [1.54, 1.807) is 0 Å². The molecule has 2 rings (SSSR count). The Balaban J connectivity index is 1.95. The molecule has 1 atom stereocenters. The number of piperidine rings is 1. The van der Waals surface area contributed by atoms with Crippen molar-refractivity contribution in [1.82, 2.24) is 5.32 Å². The van der Waals surface area contributed by atoms with Gasteiger partial charge in [0.05, 0.1) is 6.61 Å². The summed E-state index contributed by atoms with van der Waals surface area (Å²) in [7, 11) is 0. The maximum Gasteiger partial charge on any atom is 0.119 e. The number of benzene rings is 1. The molecule has 0 spiro atoms. The molecule has 0 saturated carbocycles. The zero-order valence-electron chi connectivity index (χ0n) is 9.48. The zero-order valence-corrected chi connectivity index (χ0v) is 9.48. The Bertz CT molecular complexity index is 304. The molecule has 1 aromatic carbocycles. The summed E-state index contributed by atoms with van der Waals surface area (Å²) in [5.41, 5.74) is 1.33. The fourth-order valence-corrected chi connectivity index (χ4v) is 2.10. The highest BCUT2D eigenvalue weighted by atomic mass is 16.5. The molecule has 0 bridgehead atoms. The maximum absolute atomic E-state index is 8.65. The SMILES string of the molecule is OCCOc1ccc(C2CCCCN2)cc1. The molecule has 1 aliphatic heterocycles. The van der Waals surface area contributed by atoms with Crippen LogP contribution in [0.15, 0.2) is 24.3 Å². The molecule has 1 unspecified atom stereocenters. The Hall–Kier alpha value is -1.06. The van der Waals surface area contributed by atoms with Crippen molar-refractivity contribution in [2.24, 2.45) is 0 Å². The lowest BCUT2D eigenvalue weighted by Gasteiger charge is -2.23. The lowest BCUT2D eigenvalue weighted by molar-refractivity contribution is 0.201. The Morgan fingerprint density at radius 2 is 2.06 bits per heavy atom. The molecule has 0 radical (unpaired) electrons. The smallest absolute Gasteiger partial charge is 0.119 e. The molecule has 88 valence electrons. The molecule has 0 amide bonds. The summed E-state index contributed by atoms with van der Waals surface area (Å²) >= 11 is 0. The van der Waals surface area contributed by atoms with E-state index in [9.17, 15) is 0 Å². The van der Waals surface area contributed by atoms with Crippen molar-refractivity contribution in [2.75, 3.05) is 19.8 Å². The number of aliphatic hydroxyl groups is 1. The molecule has 1 aromatic rings. The van der Waals surface area contributed by atoms with Gasteiger partial charge in [-0.3, -0.25) is 0 Å². The van der Waals surface area contributed by atoms with Gasteiger partial charge >= 0.3 is 0 Å². The summed E-state index contributed by atoms with van der Waals surface area (Å²) < 4.78 is 5.33. The van der Waals surface area contributed by atoms with Gasteiger partial charge in [0.25, 0.3) is 0 Å². The van der Waals surface area contributed by atoms with Gasteiger partial charge in [-0.2, -0.15) is 0 Å². The van der Waals surface area contributed by atoms with E-state index in [4.69, 9.17) is 9.84 Å². The van der Waals surface area contributed by atoms with Crippen molar-refractivity contribution in [3.63, 3.8) is 0 Å². The molecule has 3 nitrogen and oxygen atoms in total. The minimum Gasteiger partial charge on any atom is -0.491 e. The zero-order chi connectivity index (χ0) is 11.2. The normalized spacial score (nSPS) is 20.7. The molecule has 16 heavy (non-hydrogen) atoms. The first kappa shape index (κ1) is 11.4. The third kappa shape index (κ3) is 2.97. The van der Waals surface area contributed by atoms with Gasteiger partial charge in [-0.1, -0.05) is 18.6 Å². The number of hydrogen-bond acceptors (Lipinski definition) is 3. The lowest BCUT2D eigenvalue weighted by Crippen LogP contribution is -2.26. The summed E-state index contributed by atoms with van der Waals surface area (Å²) in [5, 5.41) is 12.2. The number of ether oxygens (including phenoxy) is 1. The van der Waals surface area contributed by atoms with E-state index in [2.05, 4.69) is 17.4 Å². The lowest BCUT2D eigenvalue weighted by atomic mass is 9.98. The van der Waals surface area contributed by atoms with Crippen LogP contribution in [0.1, 0.15) is 30.9 Å². The first-order valence-electron chi connectivity index (χ1n) is 5.97. The van der Waals surface area contributed by atoms with Gasteiger partial charge in [0.1, 0.15) is 12.4 Å². The Labute approximate surface area is 96.4 Å². The van der Waals surface area contributed by atoms with E-state index in [0.717, 1.165) is 12.3 Å². The summed E-state index contributed by atoms with van der Waals surface area (Å²) in [6.45, 7) is 1.54. The van der Waals surface area contributed by atoms with Crippen molar-refractivity contribution in [1.29, 1.82) is 0 Å². The van der Waals surface area contributed by atoms with E-state index >= 15 is 0 Å². The minimum absolute atomic E-state index is 0.0614. The fraction of sp³-hybridized carbons (Fsp3) is 0.538. The number of rotatable bonds is 4. The molecule has 1 saturated heterocycles. The van der Waals surface area contributed by atoms with Crippen LogP contribution in [0.5, 0.6) is 5.75 Å². The second kappa shape index (κ2) is 5.87. The van der Waals surface area contributed by atoms with Gasteiger partial charge in [-0.25, -0.2) is 0 Å². The van der Waals surface area contributed by atoms with Crippen molar-refractivity contribution >= 4 is 0 Å². The van der Waals surface area contributed by atoms with E-state index in [1.165, 1.54) is 24.8 Å². The molecule has 1 heterocycles. The molecule has 0 aliphatic carbocycles. The van der Waals surface area contributed by atoms with Crippen LogP contribution in [0.4, 0.5) is 0 Å². The maximum atomic E-state index is 8.65. The van der Waals surface area contributed by atoms with Gasteiger partial charge in [0.15, 0.2) is 0 Å². The molecule has 2 N–H and O–H groups in total. The van der Waals surface area contributed by atoms with Crippen LogP contribution in [0.2, 0.25) is 0 Å². The van der Waals surface area contributed by atoms with Gasteiger partial charge in [0.2, 0.25) is 0 Å². The van der Waals surface area contributed by atoms with E-state index < -0.39 is 0 Å². The molecular weight excluding hydrogens is 202 g/mol. The number of nitrogens with one attached hydrogen (secondary N) is 1. The van der Waals surface area contributed by atoms with Gasteiger partial charge in [-0.05, 0) is 37.1 Å². The average Bonchev–Trinajstić information content (AvgIpc) is 2.38. The summed E-state index contributed by atoms with van der Waals surface area (Å²) in [5.74, 6) is 0.827. The van der Waals surface area contributed by atoms with E-state index in [0.29, 0.717) is 12.6 Å². The minimum atomic E-state index is 0.0614. The number of hydrogen-bond donors (Lipinski definition) is 2. The summed E-state index contributed by atoms with van der Waals surface area (Å²) in [6.07, 6.45) is 3.81. The van der Waals surface area contributed by atoms with Gasteiger partial charge < -0.3 is 15.2 Å². The van der Waals surface area contributed by atoms with Crippen LogP contribution >= 0.6 is 0 Å². The van der Waals surface area contributed by atoms with Crippen LogP contribution in [0, 0.1) is 0 Å². The molecule has 1 aliphatic rings. The summed E-state index contributed by atoms with van der Waals surface area (Å²) in [4.78, 5) is 0. The second-order valence-electron chi connectivity index (χ2n) is 4.14. The molecule has 1 fully saturated rings. The van der Waals surface area contributed by atoms with Crippen LogP contribution in [0.3, 0.4) is 0 Å². The van der Waals surface area contributed by atoms with Crippen LogP contribution < -0.4 is 10.1 Å². The molecular formula is C13H19NO2. The standard InChI is InChI=1S/C13H19NO2/c15-9-10-16-12-6-4-11(5-7-12)13-3-1-2-8-14-13/h4-7,13-15H,1-3,8-10H2. The fourth-order valence-electron chi connectivity index (χ4n) is 2.10. The predicted octanol–water partition coefficient (Wildman–Crippen LogP) is 1.87. The van der Waals surface area contributed by atoms with Crippen LogP contribution in [0.25, 0.3) is 0 Å². The Morgan fingerprint density at radius 3 is 2.69 bits per heavy atom. The van der Waals surface area contributed by atoms with Crippen molar-refractivity contribution < 1.29 is 9.84 Å². The van der Waals surface area contributed by atoms with Gasteiger partial charge in [-0.15, -0.1) is 0 Å². The topological polar surface area (TPSA) is 41.5 Å². The Kier molecular flexibility index (Phi) is 4.19. The van der Waals surface area contributed by atoms with E-state index in [-0.39, 0.29) is 6.61 Å². The van der Waals surface area contributed by atoms with Crippen LogP contribution in [-0.2, 0) is 0 Å². The van der Waals surface area contributed by atoms with Crippen molar-refractivity contribution in [2.45, 2.75) is 25.3 Å². The highest BCUT2D eigenvalue weighted by molar-refractivity contribution is 5.29. The third-order valence-electron chi connectivity index (χ3n) is 2.95. The van der Waals surface area contributed by atoms with Gasteiger partial charge in [0, 0.05) is 6.04 Å².